The predicted molar refractivity (Wildman–Crippen MR) is 89.7 cm³/mol. The van der Waals surface area contributed by atoms with Crippen molar-refractivity contribution in [1.29, 1.82) is 0 Å². The highest BCUT2D eigenvalue weighted by atomic mass is 16.5. The predicted octanol–water partition coefficient (Wildman–Crippen LogP) is 2.70. The van der Waals surface area contributed by atoms with Gasteiger partial charge >= 0.3 is 0 Å². The summed E-state index contributed by atoms with van der Waals surface area (Å²) in [6.45, 7) is 9.61. The first-order chi connectivity index (χ1) is 10.7. The van der Waals surface area contributed by atoms with Gasteiger partial charge < -0.3 is 19.9 Å². The molecule has 0 saturated carbocycles. The fraction of sp³-hybridized carbons (Fsp3) is 0.625. The molecule has 1 aliphatic rings. The normalized spacial score (nSPS) is 17.0. The number of anilines is 2. The van der Waals surface area contributed by atoms with E-state index in [1.165, 1.54) is 0 Å². The van der Waals surface area contributed by atoms with Crippen LogP contribution in [-0.2, 0) is 4.74 Å². The van der Waals surface area contributed by atoms with Gasteiger partial charge in [0.1, 0.15) is 11.5 Å². The Balaban J connectivity index is 1.96. The minimum absolute atomic E-state index is 0.399. The molecular weight excluding hydrogens is 278 g/mol. The number of fused-ring (bicyclic) bond motifs is 1. The van der Waals surface area contributed by atoms with E-state index in [-0.39, 0.29) is 0 Å². The van der Waals surface area contributed by atoms with Crippen molar-refractivity contribution in [3.05, 3.63) is 11.8 Å². The topological polar surface area (TPSA) is 66.1 Å². The van der Waals surface area contributed by atoms with Crippen molar-refractivity contribution in [2.45, 2.75) is 39.7 Å². The Labute approximate surface area is 131 Å². The van der Waals surface area contributed by atoms with Crippen molar-refractivity contribution in [3.63, 3.8) is 0 Å². The zero-order chi connectivity index (χ0) is 15.5. The fourth-order valence-electron chi connectivity index (χ4n) is 2.88. The van der Waals surface area contributed by atoms with Crippen LogP contribution in [0.2, 0.25) is 0 Å². The maximum absolute atomic E-state index is 5.42. The van der Waals surface area contributed by atoms with Crippen LogP contribution in [0.4, 0.5) is 11.8 Å². The third-order valence-corrected chi connectivity index (χ3v) is 4.01. The number of nitrogens with zero attached hydrogens (tertiary/aromatic N) is 3. The largest absolute Gasteiger partial charge is 0.378 e. The third-order valence-electron chi connectivity index (χ3n) is 4.01. The van der Waals surface area contributed by atoms with Crippen molar-refractivity contribution in [1.82, 2.24) is 15.0 Å². The molecule has 1 unspecified atom stereocenters. The molecule has 6 nitrogen and oxygen atoms in total. The molecule has 2 aromatic heterocycles. The fourth-order valence-corrected chi connectivity index (χ4v) is 2.88. The number of rotatable bonds is 5. The van der Waals surface area contributed by atoms with Crippen LogP contribution < -0.4 is 10.2 Å². The summed E-state index contributed by atoms with van der Waals surface area (Å²) in [7, 11) is 0. The summed E-state index contributed by atoms with van der Waals surface area (Å²) in [6, 6.07) is 2.51. The van der Waals surface area contributed by atoms with Crippen molar-refractivity contribution < 1.29 is 4.74 Å². The van der Waals surface area contributed by atoms with Crippen LogP contribution in [0, 0.1) is 6.92 Å². The summed E-state index contributed by atoms with van der Waals surface area (Å²) in [5.41, 5.74) is 2.01. The molecule has 0 aliphatic carbocycles. The first-order valence-corrected chi connectivity index (χ1v) is 8.14. The Bertz CT molecular complexity index is 633. The number of aromatic nitrogens is 3. The minimum atomic E-state index is 0.399. The lowest BCUT2D eigenvalue weighted by molar-refractivity contribution is 0.122. The number of nitrogens with one attached hydrogen (secondary N) is 2. The molecule has 1 atom stereocenters. The second-order valence-corrected chi connectivity index (χ2v) is 6.02. The van der Waals surface area contributed by atoms with Gasteiger partial charge in [0.05, 0.1) is 18.6 Å². The number of aryl methyl sites for hydroxylation is 1. The Morgan fingerprint density at radius 2 is 2.14 bits per heavy atom. The average Bonchev–Trinajstić information content (AvgIpc) is 2.89. The highest BCUT2D eigenvalue weighted by Crippen LogP contribution is 2.25. The van der Waals surface area contributed by atoms with E-state index in [4.69, 9.17) is 14.7 Å². The second kappa shape index (κ2) is 6.52. The molecule has 0 bridgehead atoms. The first-order valence-electron chi connectivity index (χ1n) is 8.14. The number of hydrogen-bond donors (Lipinski definition) is 2. The Kier molecular flexibility index (Phi) is 4.47. The highest BCUT2D eigenvalue weighted by Gasteiger charge is 2.18. The smallest absolute Gasteiger partial charge is 0.229 e. The number of morpholine rings is 1. The van der Waals surface area contributed by atoms with Crippen LogP contribution >= 0.6 is 0 Å². The molecule has 1 fully saturated rings. The number of hydrogen-bond acceptors (Lipinski definition) is 5. The van der Waals surface area contributed by atoms with Gasteiger partial charge in [-0.25, -0.2) is 0 Å². The van der Waals surface area contributed by atoms with Gasteiger partial charge in [0.2, 0.25) is 5.95 Å². The zero-order valence-electron chi connectivity index (χ0n) is 13.6. The molecule has 2 aromatic rings. The highest BCUT2D eigenvalue weighted by molar-refractivity contribution is 5.89. The molecule has 1 aliphatic heterocycles. The maximum Gasteiger partial charge on any atom is 0.229 e. The van der Waals surface area contributed by atoms with E-state index in [0.717, 1.165) is 67.6 Å². The molecular formula is C16H25N5O. The number of aromatic amines is 1. The van der Waals surface area contributed by atoms with E-state index < -0.39 is 0 Å². The van der Waals surface area contributed by atoms with Crippen LogP contribution in [0.3, 0.4) is 0 Å². The van der Waals surface area contributed by atoms with Crippen LogP contribution in [0.15, 0.2) is 6.07 Å². The minimum Gasteiger partial charge on any atom is -0.378 e. The molecule has 6 heteroatoms. The molecule has 22 heavy (non-hydrogen) atoms. The SMILES string of the molecule is CCCC(C)Nc1nc(N2CCOCC2)nc2[nH]c(C)cc12. The molecule has 1 saturated heterocycles. The molecule has 0 spiro atoms. The van der Waals surface area contributed by atoms with E-state index in [2.05, 4.69) is 42.0 Å². The van der Waals surface area contributed by atoms with E-state index in [0.29, 0.717) is 6.04 Å². The lowest BCUT2D eigenvalue weighted by Gasteiger charge is -2.27. The van der Waals surface area contributed by atoms with Gasteiger partial charge in [-0.15, -0.1) is 0 Å². The first kappa shape index (κ1) is 15.1. The van der Waals surface area contributed by atoms with Crippen LogP contribution in [0.25, 0.3) is 11.0 Å². The molecule has 0 amide bonds. The van der Waals surface area contributed by atoms with Crippen molar-refractivity contribution in [2.24, 2.45) is 0 Å². The standard InChI is InChI=1S/C16H25N5O/c1-4-5-11(2)17-14-13-10-12(3)18-15(13)20-16(19-14)21-6-8-22-9-7-21/h10-11H,4-9H2,1-3H3,(H2,17,18,19,20). The summed E-state index contributed by atoms with van der Waals surface area (Å²) in [5.74, 6) is 1.71. The molecule has 0 radical (unpaired) electrons. The molecule has 2 N–H and O–H groups in total. The van der Waals surface area contributed by atoms with Gasteiger partial charge in [-0.3, -0.25) is 0 Å². The van der Waals surface area contributed by atoms with Crippen LogP contribution in [-0.4, -0.2) is 47.3 Å². The average molecular weight is 303 g/mol. The number of ether oxygens (including phenoxy) is 1. The monoisotopic (exact) mass is 303 g/mol. The van der Waals surface area contributed by atoms with E-state index in [9.17, 15) is 0 Å². The molecule has 3 heterocycles. The molecule has 3 rings (SSSR count). The second-order valence-electron chi connectivity index (χ2n) is 6.02. The summed E-state index contributed by atoms with van der Waals surface area (Å²) >= 11 is 0. The summed E-state index contributed by atoms with van der Waals surface area (Å²) in [6.07, 6.45) is 2.28. The van der Waals surface area contributed by atoms with Crippen molar-refractivity contribution >= 4 is 22.8 Å². The van der Waals surface area contributed by atoms with Gasteiger partial charge in [-0.2, -0.15) is 9.97 Å². The van der Waals surface area contributed by atoms with E-state index in [1.54, 1.807) is 0 Å². The zero-order valence-corrected chi connectivity index (χ0v) is 13.6. The Morgan fingerprint density at radius 3 is 2.86 bits per heavy atom. The third kappa shape index (κ3) is 3.16. The Morgan fingerprint density at radius 1 is 1.36 bits per heavy atom. The quantitative estimate of drug-likeness (QED) is 0.889. The van der Waals surface area contributed by atoms with Gasteiger partial charge in [0.25, 0.3) is 0 Å². The summed E-state index contributed by atoms with van der Waals surface area (Å²) in [4.78, 5) is 15.0. The lowest BCUT2D eigenvalue weighted by Crippen LogP contribution is -2.37. The van der Waals surface area contributed by atoms with Gasteiger partial charge in [0, 0.05) is 24.8 Å². The lowest BCUT2D eigenvalue weighted by atomic mass is 10.2. The summed E-state index contributed by atoms with van der Waals surface area (Å²) in [5, 5.41) is 4.62. The molecule has 0 aromatic carbocycles. The van der Waals surface area contributed by atoms with Crippen molar-refractivity contribution in [3.8, 4) is 0 Å². The van der Waals surface area contributed by atoms with Crippen LogP contribution in [0.5, 0.6) is 0 Å². The van der Waals surface area contributed by atoms with Crippen LogP contribution in [0.1, 0.15) is 32.4 Å². The van der Waals surface area contributed by atoms with Gasteiger partial charge in [-0.1, -0.05) is 13.3 Å². The number of H-pyrrole nitrogens is 1. The summed E-state index contributed by atoms with van der Waals surface area (Å²) < 4.78 is 5.42. The Hall–Kier alpha value is -1.82. The van der Waals surface area contributed by atoms with E-state index >= 15 is 0 Å². The maximum atomic E-state index is 5.42. The molecule has 120 valence electrons. The van der Waals surface area contributed by atoms with Gasteiger partial charge in [-0.05, 0) is 26.3 Å². The van der Waals surface area contributed by atoms with E-state index in [1.807, 2.05) is 0 Å². The van der Waals surface area contributed by atoms with Crippen molar-refractivity contribution in [2.75, 3.05) is 36.5 Å². The van der Waals surface area contributed by atoms with Gasteiger partial charge in [0.15, 0.2) is 0 Å².